The third-order valence-electron chi connectivity index (χ3n) is 1.75. The van der Waals surface area contributed by atoms with E-state index in [1.54, 1.807) is 0 Å². The van der Waals surface area contributed by atoms with E-state index in [0.717, 1.165) is 19.1 Å². The van der Waals surface area contributed by atoms with Crippen molar-refractivity contribution in [1.29, 1.82) is 0 Å². The molecule has 46 valence electrons. The van der Waals surface area contributed by atoms with Crippen molar-refractivity contribution in [3.05, 3.63) is 0 Å². The third-order valence-corrected chi connectivity index (χ3v) is 2.47. The molecule has 1 aliphatic carbocycles. The lowest BCUT2D eigenvalue weighted by atomic mass is 10.1. The van der Waals surface area contributed by atoms with Crippen LogP contribution >= 0.6 is 11.6 Å². The van der Waals surface area contributed by atoms with Gasteiger partial charge in [0.2, 0.25) is 0 Å². The maximum atomic E-state index is 10.1. The average Bonchev–Trinajstić information content (AvgIpc) is 2.47. The Morgan fingerprint density at radius 3 is 2.38 bits per heavy atom. The zero-order valence-electron chi connectivity index (χ0n) is 4.86. The van der Waals surface area contributed by atoms with Crippen molar-refractivity contribution < 1.29 is 4.79 Å². The fourth-order valence-corrected chi connectivity index (χ4v) is 0.843. The summed E-state index contributed by atoms with van der Waals surface area (Å²) in [5.41, 5.74) is 0. The van der Waals surface area contributed by atoms with E-state index in [0.29, 0.717) is 0 Å². The van der Waals surface area contributed by atoms with Crippen LogP contribution in [0, 0.1) is 5.92 Å². The topological polar surface area (TPSA) is 17.1 Å². The van der Waals surface area contributed by atoms with E-state index in [2.05, 4.69) is 0 Å². The van der Waals surface area contributed by atoms with Crippen LogP contribution in [0.3, 0.4) is 0 Å². The molecule has 1 aliphatic rings. The molecule has 0 aromatic carbocycles. The van der Waals surface area contributed by atoms with Crippen LogP contribution in [0.2, 0.25) is 0 Å². The first kappa shape index (κ1) is 6.09. The molecule has 0 heterocycles. The second-order valence-corrected chi connectivity index (χ2v) is 3.21. The minimum absolute atomic E-state index is 0.0455. The van der Waals surface area contributed by atoms with Crippen molar-refractivity contribution in [3.63, 3.8) is 0 Å². The normalized spacial score (nSPS) is 26.8. The van der Waals surface area contributed by atoms with Gasteiger partial charge in [0.05, 0.1) is 4.87 Å². The number of carbonyl (C=O) groups excluding carboxylic acids is 1. The molecule has 0 N–H and O–H groups in total. The molecule has 1 atom stereocenters. The number of rotatable bonds is 2. The summed E-state index contributed by atoms with van der Waals surface area (Å²) in [5.74, 6) is 0.0455. The lowest BCUT2D eigenvalue weighted by Gasteiger charge is -2.06. The van der Waals surface area contributed by atoms with Gasteiger partial charge >= 0.3 is 0 Å². The third kappa shape index (κ3) is 0.873. The summed E-state index contributed by atoms with van der Waals surface area (Å²) in [7, 11) is 0. The van der Waals surface area contributed by atoms with Crippen molar-refractivity contribution in [2.24, 2.45) is 5.92 Å². The Hall–Kier alpha value is -0.0400. The van der Waals surface area contributed by atoms with Crippen LogP contribution in [0.1, 0.15) is 19.8 Å². The van der Waals surface area contributed by atoms with Crippen molar-refractivity contribution in [3.8, 4) is 0 Å². The van der Waals surface area contributed by atoms with Gasteiger partial charge in [0.15, 0.2) is 0 Å². The van der Waals surface area contributed by atoms with E-state index in [4.69, 9.17) is 11.6 Å². The minimum atomic E-state index is -0.137. The van der Waals surface area contributed by atoms with Crippen molar-refractivity contribution in [2.75, 3.05) is 0 Å². The molecule has 0 radical (unpaired) electrons. The molecule has 1 nitrogen and oxygen atoms in total. The van der Waals surface area contributed by atoms with Crippen molar-refractivity contribution in [1.82, 2.24) is 0 Å². The first-order valence-corrected chi connectivity index (χ1v) is 3.21. The molecule has 1 unspecified atom stereocenters. The smallest absolute Gasteiger partial charge is 0.124 e. The SMILES string of the molecule is CC(C=O)C1(Cl)CC1. The van der Waals surface area contributed by atoms with E-state index in [1.807, 2.05) is 6.92 Å². The van der Waals surface area contributed by atoms with Gasteiger partial charge in [-0.2, -0.15) is 0 Å². The molecule has 8 heavy (non-hydrogen) atoms. The van der Waals surface area contributed by atoms with Gasteiger partial charge in [0.25, 0.3) is 0 Å². The first-order valence-electron chi connectivity index (χ1n) is 2.83. The summed E-state index contributed by atoms with van der Waals surface area (Å²) in [6, 6.07) is 0. The molecule has 0 aliphatic heterocycles. The Morgan fingerprint density at radius 1 is 1.75 bits per heavy atom. The molecule has 0 aromatic rings. The molecule has 1 rings (SSSR count). The Balaban J connectivity index is 2.45. The number of halogens is 1. The quantitative estimate of drug-likeness (QED) is 0.412. The summed E-state index contributed by atoms with van der Waals surface area (Å²) in [6.07, 6.45) is 2.95. The molecule has 1 fully saturated rings. The van der Waals surface area contributed by atoms with Crippen LogP contribution in [-0.4, -0.2) is 11.2 Å². The Labute approximate surface area is 54.0 Å². The standard InChI is InChI=1S/C6H9ClO/c1-5(4-8)6(7)2-3-6/h4-5H,2-3H2,1H3. The largest absolute Gasteiger partial charge is 0.303 e. The zero-order valence-corrected chi connectivity index (χ0v) is 5.61. The Morgan fingerprint density at radius 2 is 2.25 bits per heavy atom. The maximum Gasteiger partial charge on any atom is 0.124 e. The highest BCUT2D eigenvalue weighted by Gasteiger charge is 2.45. The van der Waals surface area contributed by atoms with Gasteiger partial charge in [-0.3, -0.25) is 0 Å². The van der Waals surface area contributed by atoms with Crippen LogP contribution in [0.4, 0.5) is 0 Å². The number of alkyl halides is 1. The summed E-state index contributed by atoms with van der Waals surface area (Å²) < 4.78 is 0. The zero-order chi connectivity index (χ0) is 6.20. The number of hydrogen-bond acceptors (Lipinski definition) is 1. The highest BCUT2D eigenvalue weighted by atomic mass is 35.5. The van der Waals surface area contributed by atoms with Gasteiger partial charge < -0.3 is 4.79 Å². The summed E-state index contributed by atoms with van der Waals surface area (Å²) in [5, 5.41) is 0. The molecule has 2 heteroatoms. The van der Waals surface area contributed by atoms with E-state index < -0.39 is 0 Å². The second kappa shape index (κ2) is 1.73. The molecule has 1 saturated carbocycles. The first-order chi connectivity index (χ1) is 3.69. The molecule has 0 aromatic heterocycles. The van der Waals surface area contributed by atoms with Gasteiger partial charge in [-0.15, -0.1) is 11.6 Å². The number of hydrogen-bond donors (Lipinski definition) is 0. The number of aldehydes is 1. The predicted molar refractivity (Wildman–Crippen MR) is 33.0 cm³/mol. The van der Waals surface area contributed by atoms with Crippen LogP contribution in [0.5, 0.6) is 0 Å². The molecule has 0 bridgehead atoms. The number of carbonyl (C=O) groups is 1. The molecule has 0 amide bonds. The monoisotopic (exact) mass is 132 g/mol. The predicted octanol–water partition coefficient (Wildman–Crippen LogP) is 1.59. The minimum Gasteiger partial charge on any atom is -0.303 e. The van der Waals surface area contributed by atoms with Gasteiger partial charge in [-0.1, -0.05) is 6.92 Å². The second-order valence-electron chi connectivity index (χ2n) is 2.46. The Bertz CT molecular complexity index is 107. The average molecular weight is 133 g/mol. The van der Waals surface area contributed by atoms with Crippen molar-refractivity contribution in [2.45, 2.75) is 24.6 Å². The van der Waals surface area contributed by atoms with Crippen LogP contribution in [-0.2, 0) is 4.79 Å². The lowest BCUT2D eigenvalue weighted by Crippen LogP contribution is -2.12. The summed E-state index contributed by atoms with van der Waals surface area (Å²) in [6.45, 7) is 1.87. The van der Waals surface area contributed by atoms with E-state index in [9.17, 15) is 4.79 Å². The van der Waals surface area contributed by atoms with Gasteiger partial charge in [-0.05, 0) is 12.8 Å². The van der Waals surface area contributed by atoms with Gasteiger partial charge in [0, 0.05) is 5.92 Å². The summed E-state index contributed by atoms with van der Waals surface area (Å²) >= 11 is 5.86. The van der Waals surface area contributed by atoms with Crippen LogP contribution in [0.15, 0.2) is 0 Å². The lowest BCUT2D eigenvalue weighted by molar-refractivity contribution is -0.110. The van der Waals surface area contributed by atoms with Crippen molar-refractivity contribution >= 4 is 17.9 Å². The van der Waals surface area contributed by atoms with Gasteiger partial charge in [0.1, 0.15) is 6.29 Å². The van der Waals surface area contributed by atoms with E-state index >= 15 is 0 Å². The van der Waals surface area contributed by atoms with E-state index in [-0.39, 0.29) is 10.8 Å². The molecule has 0 saturated heterocycles. The molecule has 0 spiro atoms. The summed E-state index contributed by atoms with van der Waals surface area (Å²) in [4.78, 5) is 9.97. The fraction of sp³-hybridized carbons (Fsp3) is 0.833. The molecular formula is C6H9ClO. The van der Waals surface area contributed by atoms with Crippen LogP contribution < -0.4 is 0 Å². The highest BCUT2D eigenvalue weighted by molar-refractivity contribution is 6.26. The van der Waals surface area contributed by atoms with Crippen LogP contribution in [0.25, 0.3) is 0 Å². The van der Waals surface area contributed by atoms with E-state index in [1.165, 1.54) is 0 Å². The highest BCUT2D eigenvalue weighted by Crippen LogP contribution is 2.47. The Kier molecular flexibility index (Phi) is 1.31. The van der Waals surface area contributed by atoms with Gasteiger partial charge in [-0.25, -0.2) is 0 Å². The maximum absolute atomic E-state index is 10.1. The fourth-order valence-electron chi connectivity index (χ4n) is 0.697. The molecular weight excluding hydrogens is 124 g/mol.